The van der Waals surface area contributed by atoms with Crippen molar-refractivity contribution in [2.45, 2.75) is 6.92 Å². The molecule has 1 heterocycles. The molecule has 0 aliphatic carbocycles. The molecule has 0 saturated carbocycles. The lowest BCUT2D eigenvalue weighted by atomic mass is 10.1. The molecule has 0 aliphatic rings. The summed E-state index contributed by atoms with van der Waals surface area (Å²) in [4.78, 5) is 18.2. The van der Waals surface area contributed by atoms with Gasteiger partial charge in [0.15, 0.2) is 0 Å². The van der Waals surface area contributed by atoms with E-state index in [1.54, 1.807) is 13.1 Å². The van der Waals surface area contributed by atoms with Gasteiger partial charge in [-0.2, -0.15) is 4.98 Å². The number of benzene rings is 1. The van der Waals surface area contributed by atoms with Crippen molar-refractivity contribution < 1.29 is 5.11 Å². The Morgan fingerprint density at radius 3 is 2.76 bits per heavy atom. The van der Waals surface area contributed by atoms with Gasteiger partial charge in [-0.05, 0) is 12.5 Å². The maximum Gasteiger partial charge on any atom is 0.264 e. The molecule has 0 atom stereocenters. The van der Waals surface area contributed by atoms with Gasteiger partial charge in [0.25, 0.3) is 5.56 Å². The standard InChI is InChI=1S/C12H13N3O2/c1-7-4-3-5-8(6-7)9-10(16)14-12(13-2)15-11(9)17/h3-6H,1-2H3,(H3,13,14,15,16,17). The largest absolute Gasteiger partial charge is 0.493 e. The summed E-state index contributed by atoms with van der Waals surface area (Å²) in [6, 6.07) is 7.34. The van der Waals surface area contributed by atoms with Crippen molar-refractivity contribution in [3.8, 4) is 17.0 Å². The number of nitrogens with one attached hydrogen (secondary N) is 2. The number of aromatic hydroxyl groups is 1. The summed E-state index contributed by atoms with van der Waals surface area (Å²) in [6.07, 6.45) is 0. The van der Waals surface area contributed by atoms with Crippen molar-refractivity contribution in [3.05, 3.63) is 40.2 Å². The van der Waals surface area contributed by atoms with E-state index in [9.17, 15) is 9.90 Å². The first-order valence-corrected chi connectivity index (χ1v) is 5.20. The van der Waals surface area contributed by atoms with E-state index in [4.69, 9.17) is 0 Å². The van der Waals surface area contributed by atoms with Crippen LogP contribution in [0.4, 0.5) is 5.95 Å². The third-order valence-corrected chi connectivity index (χ3v) is 2.44. The molecule has 1 aromatic carbocycles. The molecule has 0 unspecified atom stereocenters. The molecule has 17 heavy (non-hydrogen) atoms. The van der Waals surface area contributed by atoms with E-state index in [2.05, 4.69) is 15.3 Å². The molecule has 5 nitrogen and oxygen atoms in total. The Balaban J connectivity index is 2.64. The van der Waals surface area contributed by atoms with E-state index in [-0.39, 0.29) is 23.0 Å². The molecule has 0 bridgehead atoms. The second kappa shape index (κ2) is 4.29. The highest BCUT2D eigenvalue weighted by atomic mass is 16.3. The summed E-state index contributed by atoms with van der Waals surface area (Å²) in [5.74, 6) is -0.0346. The van der Waals surface area contributed by atoms with Gasteiger partial charge < -0.3 is 10.4 Å². The number of hydrogen-bond donors (Lipinski definition) is 3. The van der Waals surface area contributed by atoms with Gasteiger partial charge in [-0.25, -0.2) is 0 Å². The number of hydrogen-bond acceptors (Lipinski definition) is 4. The number of aryl methyl sites for hydroxylation is 1. The Kier molecular flexibility index (Phi) is 2.82. The van der Waals surface area contributed by atoms with Crippen LogP contribution in [0.5, 0.6) is 5.88 Å². The Hall–Kier alpha value is -2.30. The van der Waals surface area contributed by atoms with Gasteiger partial charge in [-0.15, -0.1) is 0 Å². The van der Waals surface area contributed by atoms with Crippen LogP contribution >= 0.6 is 0 Å². The Morgan fingerprint density at radius 2 is 2.18 bits per heavy atom. The molecule has 5 heteroatoms. The van der Waals surface area contributed by atoms with Gasteiger partial charge in [0.05, 0.1) is 0 Å². The molecular weight excluding hydrogens is 218 g/mol. The highest BCUT2D eigenvalue weighted by Crippen LogP contribution is 2.24. The maximum atomic E-state index is 11.8. The fraction of sp³-hybridized carbons (Fsp3) is 0.167. The van der Waals surface area contributed by atoms with Crippen molar-refractivity contribution >= 4 is 5.95 Å². The van der Waals surface area contributed by atoms with Crippen LogP contribution in [0, 0.1) is 6.92 Å². The first kappa shape index (κ1) is 11.2. The van der Waals surface area contributed by atoms with Gasteiger partial charge in [0.1, 0.15) is 5.56 Å². The number of rotatable bonds is 2. The maximum absolute atomic E-state index is 11.8. The van der Waals surface area contributed by atoms with E-state index in [1.165, 1.54) is 0 Å². The van der Waals surface area contributed by atoms with Crippen LogP contribution in [0.15, 0.2) is 29.1 Å². The molecule has 2 rings (SSSR count). The minimum Gasteiger partial charge on any atom is -0.493 e. The molecule has 0 spiro atoms. The summed E-state index contributed by atoms with van der Waals surface area (Å²) in [5, 5.41) is 12.4. The predicted molar refractivity (Wildman–Crippen MR) is 66.2 cm³/mol. The smallest absolute Gasteiger partial charge is 0.264 e. The third kappa shape index (κ3) is 2.13. The van der Waals surface area contributed by atoms with Gasteiger partial charge in [0.2, 0.25) is 11.8 Å². The van der Waals surface area contributed by atoms with Crippen molar-refractivity contribution in [1.29, 1.82) is 0 Å². The average molecular weight is 231 g/mol. The zero-order chi connectivity index (χ0) is 12.4. The summed E-state index contributed by atoms with van der Waals surface area (Å²) in [7, 11) is 1.62. The summed E-state index contributed by atoms with van der Waals surface area (Å²) in [6.45, 7) is 1.92. The first-order chi connectivity index (χ1) is 8.11. The quantitative estimate of drug-likeness (QED) is 0.731. The van der Waals surface area contributed by atoms with E-state index in [0.29, 0.717) is 5.56 Å². The number of aromatic amines is 1. The normalized spacial score (nSPS) is 10.2. The summed E-state index contributed by atoms with van der Waals surface area (Å²) >= 11 is 0. The number of aromatic nitrogens is 2. The van der Waals surface area contributed by atoms with Crippen LogP contribution in [0.2, 0.25) is 0 Å². The molecule has 2 aromatic rings. The second-order valence-corrected chi connectivity index (χ2v) is 3.73. The molecule has 0 saturated heterocycles. The molecule has 1 aromatic heterocycles. The van der Waals surface area contributed by atoms with Crippen molar-refractivity contribution in [2.75, 3.05) is 12.4 Å². The SMILES string of the molecule is CNc1nc(O)c(-c2cccc(C)c2)c(=O)[nH]1. The highest BCUT2D eigenvalue weighted by molar-refractivity contribution is 5.68. The first-order valence-electron chi connectivity index (χ1n) is 5.20. The van der Waals surface area contributed by atoms with E-state index >= 15 is 0 Å². The highest BCUT2D eigenvalue weighted by Gasteiger charge is 2.12. The van der Waals surface area contributed by atoms with Crippen molar-refractivity contribution in [2.24, 2.45) is 0 Å². The Bertz CT molecular complexity index is 605. The predicted octanol–water partition coefficient (Wildman–Crippen LogP) is 1.49. The molecule has 3 N–H and O–H groups in total. The van der Waals surface area contributed by atoms with Gasteiger partial charge in [-0.1, -0.05) is 29.8 Å². The van der Waals surface area contributed by atoms with E-state index in [0.717, 1.165) is 5.56 Å². The fourth-order valence-corrected chi connectivity index (χ4v) is 1.64. The lowest BCUT2D eigenvalue weighted by molar-refractivity contribution is 0.454. The van der Waals surface area contributed by atoms with Gasteiger partial charge in [0, 0.05) is 7.05 Å². The lowest BCUT2D eigenvalue weighted by Gasteiger charge is -2.06. The number of nitrogens with zero attached hydrogens (tertiary/aromatic N) is 1. The van der Waals surface area contributed by atoms with E-state index in [1.807, 2.05) is 25.1 Å². The molecule has 88 valence electrons. The Morgan fingerprint density at radius 1 is 1.41 bits per heavy atom. The van der Waals surface area contributed by atoms with Crippen LogP contribution in [0.25, 0.3) is 11.1 Å². The minimum absolute atomic E-state index is 0.188. The molecule has 0 fully saturated rings. The molecule has 0 amide bonds. The zero-order valence-electron chi connectivity index (χ0n) is 9.61. The van der Waals surface area contributed by atoms with Crippen LogP contribution in [0.1, 0.15) is 5.56 Å². The van der Waals surface area contributed by atoms with Crippen molar-refractivity contribution in [1.82, 2.24) is 9.97 Å². The second-order valence-electron chi connectivity index (χ2n) is 3.73. The Labute approximate surface area is 98.2 Å². The lowest BCUT2D eigenvalue weighted by Crippen LogP contribution is -2.13. The topological polar surface area (TPSA) is 78.0 Å². The van der Waals surface area contributed by atoms with Crippen LogP contribution in [-0.2, 0) is 0 Å². The van der Waals surface area contributed by atoms with E-state index < -0.39 is 0 Å². The van der Waals surface area contributed by atoms with Gasteiger partial charge >= 0.3 is 0 Å². The monoisotopic (exact) mass is 231 g/mol. The summed E-state index contributed by atoms with van der Waals surface area (Å²) < 4.78 is 0. The fourth-order valence-electron chi connectivity index (χ4n) is 1.64. The molecule has 0 radical (unpaired) electrons. The van der Waals surface area contributed by atoms with Gasteiger partial charge in [-0.3, -0.25) is 9.78 Å². The van der Waals surface area contributed by atoms with Crippen LogP contribution in [-0.4, -0.2) is 22.1 Å². The van der Waals surface area contributed by atoms with Crippen LogP contribution in [0.3, 0.4) is 0 Å². The number of anilines is 1. The average Bonchev–Trinajstić information content (AvgIpc) is 2.28. The minimum atomic E-state index is -0.368. The molecule has 0 aliphatic heterocycles. The summed E-state index contributed by atoms with van der Waals surface area (Å²) in [5.41, 5.74) is 1.48. The van der Waals surface area contributed by atoms with Crippen molar-refractivity contribution in [3.63, 3.8) is 0 Å². The molecular formula is C12H13N3O2. The van der Waals surface area contributed by atoms with Crippen LogP contribution < -0.4 is 10.9 Å². The zero-order valence-corrected chi connectivity index (χ0v) is 9.61. The number of H-pyrrole nitrogens is 1. The third-order valence-electron chi connectivity index (χ3n) is 2.44.